The molecule has 30 heavy (non-hydrogen) atoms. The lowest BCUT2D eigenvalue weighted by atomic mass is 10.1. The summed E-state index contributed by atoms with van der Waals surface area (Å²) in [5.41, 5.74) is -0.978. The third kappa shape index (κ3) is 3.35. The van der Waals surface area contributed by atoms with Gasteiger partial charge in [-0.05, 0) is 12.1 Å². The Morgan fingerprint density at radius 3 is 2.73 bits per heavy atom. The molecule has 8 nitrogen and oxygen atoms in total. The lowest BCUT2D eigenvalue weighted by molar-refractivity contribution is 0.0695. The maximum atomic E-state index is 15.1. The molecule has 0 amide bonds. The van der Waals surface area contributed by atoms with Gasteiger partial charge in [-0.2, -0.15) is 0 Å². The third-order valence-corrected chi connectivity index (χ3v) is 5.38. The number of hydrogen-bond acceptors (Lipinski definition) is 6. The number of carbonyl (C=O) groups is 1. The molecule has 0 radical (unpaired) electrons. The minimum Gasteiger partial charge on any atom is -0.497 e. The van der Waals surface area contributed by atoms with E-state index in [1.807, 2.05) is 0 Å². The van der Waals surface area contributed by atoms with Gasteiger partial charge >= 0.3 is 5.97 Å². The first-order valence-electron chi connectivity index (χ1n) is 9.19. The molecule has 2 aromatic heterocycles. The van der Waals surface area contributed by atoms with Crippen LogP contribution in [-0.4, -0.2) is 53.9 Å². The molecule has 1 fully saturated rings. The average Bonchev–Trinajstić information content (AvgIpc) is 2.75. The zero-order chi connectivity index (χ0) is 21.4. The number of carboxylic acid groups (broad SMARTS) is 1. The molecule has 0 aliphatic carbocycles. The normalized spacial score (nSPS) is 14.2. The van der Waals surface area contributed by atoms with Crippen LogP contribution in [0.3, 0.4) is 0 Å². The highest BCUT2D eigenvalue weighted by atomic mass is 35.5. The second-order valence-corrected chi connectivity index (χ2v) is 7.13. The van der Waals surface area contributed by atoms with Gasteiger partial charge in [0.15, 0.2) is 0 Å². The maximum Gasteiger partial charge on any atom is 0.341 e. The molecule has 156 valence electrons. The van der Waals surface area contributed by atoms with Crippen molar-refractivity contribution in [3.8, 4) is 11.6 Å². The first-order chi connectivity index (χ1) is 14.4. The van der Waals surface area contributed by atoms with E-state index in [2.05, 4.69) is 10.3 Å². The highest BCUT2D eigenvalue weighted by Crippen LogP contribution is 2.36. The molecule has 0 bridgehead atoms. The van der Waals surface area contributed by atoms with Crippen molar-refractivity contribution in [1.82, 2.24) is 14.9 Å². The minimum atomic E-state index is -1.43. The molecule has 0 unspecified atom stereocenters. The molecule has 1 saturated heterocycles. The van der Waals surface area contributed by atoms with Gasteiger partial charge in [0, 0.05) is 44.6 Å². The van der Waals surface area contributed by atoms with Crippen LogP contribution in [0.2, 0.25) is 5.02 Å². The molecule has 4 rings (SSSR count). The Morgan fingerprint density at radius 1 is 1.33 bits per heavy atom. The van der Waals surface area contributed by atoms with Gasteiger partial charge < -0.3 is 20.1 Å². The lowest BCUT2D eigenvalue weighted by Crippen LogP contribution is -2.44. The summed E-state index contributed by atoms with van der Waals surface area (Å²) in [6, 6.07) is 4.24. The van der Waals surface area contributed by atoms with E-state index >= 15 is 4.39 Å². The van der Waals surface area contributed by atoms with Crippen molar-refractivity contribution in [2.75, 3.05) is 38.2 Å². The van der Waals surface area contributed by atoms with Gasteiger partial charge in [-0.15, -0.1) is 0 Å². The number of aromatic carboxylic acids is 1. The van der Waals surface area contributed by atoms with Gasteiger partial charge in [0.25, 0.3) is 0 Å². The SMILES string of the molecule is COc1ccnc(-n2cc(C(=O)O)c(=O)c3cc(F)c(N4CCNCC4)c(Cl)c32)c1. The monoisotopic (exact) mass is 432 g/mol. The highest BCUT2D eigenvalue weighted by molar-refractivity contribution is 6.38. The molecule has 0 atom stereocenters. The van der Waals surface area contributed by atoms with Crippen LogP contribution < -0.4 is 20.4 Å². The van der Waals surface area contributed by atoms with Crippen LogP contribution in [0, 0.1) is 5.82 Å². The number of nitrogens with one attached hydrogen (secondary N) is 1. The molecule has 2 N–H and O–H groups in total. The number of ether oxygens (including phenoxy) is 1. The fraction of sp³-hybridized carbons (Fsp3) is 0.250. The molecular formula is C20H18ClFN4O4. The molecule has 1 aromatic carbocycles. The van der Waals surface area contributed by atoms with Crippen molar-refractivity contribution in [1.29, 1.82) is 0 Å². The number of anilines is 1. The molecule has 10 heteroatoms. The van der Waals surface area contributed by atoms with Crippen molar-refractivity contribution < 1.29 is 19.0 Å². The zero-order valence-electron chi connectivity index (χ0n) is 16.0. The van der Waals surface area contributed by atoms with E-state index < -0.39 is 22.8 Å². The Morgan fingerprint density at radius 2 is 2.07 bits per heavy atom. The van der Waals surface area contributed by atoms with Crippen molar-refractivity contribution in [2.45, 2.75) is 0 Å². The van der Waals surface area contributed by atoms with E-state index in [1.54, 1.807) is 17.0 Å². The fourth-order valence-electron chi connectivity index (χ4n) is 3.57. The summed E-state index contributed by atoms with van der Waals surface area (Å²) in [6.07, 6.45) is 2.63. The summed E-state index contributed by atoms with van der Waals surface area (Å²) in [5, 5.41) is 12.6. The van der Waals surface area contributed by atoms with Crippen molar-refractivity contribution >= 4 is 34.2 Å². The van der Waals surface area contributed by atoms with E-state index in [0.717, 1.165) is 12.3 Å². The molecule has 0 spiro atoms. The Bertz CT molecular complexity index is 1210. The van der Waals surface area contributed by atoms with Crippen LogP contribution in [-0.2, 0) is 0 Å². The average molecular weight is 433 g/mol. The summed E-state index contributed by atoms with van der Waals surface area (Å²) < 4.78 is 21.7. The summed E-state index contributed by atoms with van der Waals surface area (Å²) >= 11 is 6.64. The summed E-state index contributed by atoms with van der Waals surface area (Å²) in [4.78, 5) is 30.5. The highest BCUT2D eigenvalue weighted by Gasteiger charge is 2.25. The van der Waals surface area contributed by atoms with Crippen LogP contribution in [0.25, 0.3) is 16.7 Å². The van der Waals surface area contributed by atoms with Gasteiger partial charge in [-0.1, -0.05) is 11.6 Å². The lowest BCUT2D eigenvalue weighted by Gasteiger charge is -2.31. The van der Waals surface area contributed by atoms with Crippen LogP contribution in [0.1, 0.15) is 10.4 Å². The second-order valence-electron chi connectivity index (χ2n) is 6.76. The number of hydrogen-bond donors (Lipinski definition) is 2. The zero-order valence-corrected chi connectivity index (χ0v) is 16.7. The first-order valence-corrected chi connectivity index (χ1v) is 9.57. The van der Waals surface area contributed by atoms with Crippen LogP contribution in [0.4, 0.5) is 10.1 Å². The number of aromatic nitrogens is 2. The predicted octanol–water partition coefficient (Wildman–Crippen LogP) is 2.29. The van der Waals surface area contributed by atoms with E-state index in [-0.39, 0.29) is 27.4 Å². The number of nitrogens with zero attached hydrogens (tertiary/aromatic N) is 3. The molecule has 3 aromatic rings. The van der Waals surface area contributed by atoms with Crippen LogP contribution >= 0.6 is 11.6 Å². The van der Waals surface area contributed by atoms with Crippen molar-refractivity contribution in [3.05, 3.63) is 57.2 Å². The van der Waals surface area contributed by atoms with Crippen molar-refractivity contribution in [2.24, 2.45) is 0 Å². The maximum absolute atomic E-state index is 15.1. The Balaban J connectivity index is 2.09. The standard InChI is InChI=1S/C20H18ClFN4O4/c1-30-11-2-3-24-15(8-11)26-10-13(20(28)29)19(27)12-9-14(22)18(16(21)17(12)26)25-6-4-23-5-7-25/h2-3,8-10,23H,4-7H2,1H3,(H,28,29). The van der Waals surface area contributed by atoms with E-state index in [1.165, 1.54) is 17.9 Å². The molecule has 0 saturated carbocycles. The summed E-state index contributed by atoms with van der Waals surface area (Å²) in [5.74, 6) is -1.36. The fourth-order valence-corrected chi connectivity index (χ4v) is 3.98. The summed E-state index contributed by atoms with van der Waals surface area (Å²) in [6.45, 7) is 2.40. The number of piperazine rings is 1. The van der Waals surface area contributed by atoms with E-state index in [4.69, 9.17) is 16.3 Å². The number of fused-ring (bicyclic) bond motifs is 1. The van der Waals surface area contributed by atoms with Gasteiger partial charge in [-0.3, -0.25) is 9.36 Å². The largest absolute Gasteiger partial charge is 0.497 e. The number of carboxylic acids is 1. The molecule has 1 aliphatic rings. The second kappa shape index (κ2) is 7.92. The van der Waals surface area contributed by atoms with Gasteiger partial charge in [0.1, 0.15) is 22.9 Å². The number of methoxy groups -OCH3 is 1. The predicted molar refractivity (Wildman–Crippen MR) is 111 cm³/mol. The van der Waals surface area contributed by atoms with Crippen LogP contribution in [0.5, 0.6) is 5.75 Å². The number of rotatable bonds is 4. The summed E-state index contributed by atoms with van der Waals surface area (Å²) in [7, 11) is 1.48. The topological polar surface area (TPSA) is 96.7 Å². The number of pyridine rings is 2. The Kier molecular flexibility index (Phi) is 5.31. The first kappa shape index (κ1) is 20.1. The smallest absolute Gasteiger partial charge is 0.341 e. The molecular weight excluding hydrogens is 415 g/mol. The number of halogens is 2. The van der Waals surface area contributed by atoms with E-state index in [0.29, 0.717) is 31.9 Å². The quantitative estimate of drug-likeness (QED) is 0.653. The van der Waals surface area contributed by atoms with E-state index in [9.17, 15) is 14.7 Å². The third-order valence-electron chi connectivity index (χ3n) is 5.02. The Hall–Kier alpha value is -3.17. The molecule has 1 aliphatic heterocycles. The van der Waals surface area contributed by atoms with Gasteiger partial charge in [0.2, 0.25) is 5.43 Å². The Labute approximate surface area is 175 Å². The number of benzene rings is 1. The van der Waals surface area contributed by atoms with Gasteiger partial charge in [-0.25, -0.2) is 14.2 Å². The molecule has 3 heterocycles. The van der Waals surface area contributed by atoms with Crippen LogP contribution in [0.15, 0.2) is 35.4 Å². The van der Waals surface area contributed by atoms with Gasteiger partial charge in [0.05, 0.1) is 28.7 Å². The minimum absolute atomic E-state index is 0.0190. The van der Waals surface area contributed by atoms with Crippen molar-refractivity contribution in [3.63, 3.8) is 0 Å².